The molecule has 21 heavy (non-hydrogen) atoms. The average molecular weight is 283 g/mol. The molecule has 3 nitrogen and oxygen atoms in total. The Morgan fingerprint density at radius 2 is 1.76 bits per heavy atom. The van der Waals surface area contributed by atoms with Crippen LogP contribution < -0.4 is 5.32 Å². The maximum atomic E-state index is 4.51. The monoisotopic (exact) mass is 283 g/mol. The zero-order valence-electron chi connectivity index (χ0n) is 13.2. The highest BCUT2D eigenvalue weighted by atomic mass is 15.1. The van der Waals surface area contributed by atoms with Crippen LogP contribution in [0.4, 0.5) is 0 Å². The highest BCUT2D eigenvalue weighted by Gasteiger charge is 2.14. The molecule has 0 aliphatic carbocycles. The van der Waals surface area contributed by atoms with E-state index in [2.05, 4.69) is 66.4 Å². The van der Waals surface area contributed by atoms with Crippen molar-refractivity contribution >= 4 is 0 Å². The van der Waals surface area contributed by atoms with Gasteiger partial charge in [0.05, 0.1) is 11.7 Å². The Balaban J connectivity index is 2.07. The van der Waals surface area contributed by atoms with Crippen molar-refractivity contribution in [3.05, 3.63) is 66.0 Å². The molecule has 0 saturated carbocycles. The summed E-state index contributed by atoms with van der Waals surface area (Å²) in [4.78, 5) is 6.85. The average Bonchev–Trinajstić information content (AvgIpc) is 2.53. The van der Waals surface area contributed by atoms with E-state index in [-0.39, 0.29) is 6.04 Å². The number of aromatic nitrogens is 1. The van der Waals surface area contributed by atoms with Gasteiger partial charge >= 0.3 is 0 Å². The van der Waals surface area contributed by atoms with Gasteiger partial charge in [-0.3, -0.25) is 4.98 Å². The predicted octanol–water partition coefficient (Wildman–Crippen LogP) is 3.10. The Kier molecular flexibility index (Phi) is 5.90. The number of likely N-dealkylation sites (N-methyl/N-ethyl adjacent to an activating group) is 1. The third kappa shape index (κ3) is 4.66. The first-order chi connectivity index (χ1) is 10.2. The molecule has 0 bridgehead atoms. The molecule has 3 heteroatoms. The van der Waals surface area contributed by atoms with Gasteiger partial charge in [-0.1, -0.05) is 36.4 Å². The minimum Gasteiger partial charge on any atom is -0.304 e. The van der Waals surface area contributed by atoms with Crippen LogP contribution in [0.5, 0.6) is 0 Å². The lowest BCUT2D eigenvalue weighted by atomic mass is 10.0. The summed E-state index contributed by atoms with van der Waals surface area (Å²) in [5.41, 5.74) is 2.32. The summed E-state index contributed by atoms with van der Waals surface area (Å²) in [5, 5.41) is 3.63. The molecular formula is C18H25N3. The second-order valence-electron chi connectivity index (χ2n) is 5.63. The van der Waals surface area contributed by atoms with Crippen LogP contribution >= 0.6 is 0 Å². The maximum absolute atomic E-state index is 4.51. The van der Waals surface area contributed by atoms with Crippen molar-refractivity contribution in [2.75, 3.05) is 20.1 Å². The number of nitrogens with zero attached hydrogens (tertiary/aromatic N) is 2. The lowest BCUT2D eigenvalue weighted by Gasteiger charge is -2.24. The summed E-state index contributed by atoms with van der Waals surface area (Å²) < 4.78 is 0. The van der Waals surface area contributed by atoms with Crippen molar-refractivity contribution in [3.63, 3.8) is 0 Å². The first kappa shape index (κ1) is 15.7. The number of pyridine rings is 1. The molecule has 1 atom stereocenters. The predicted molar refractivity (Wildman–Crippen MR) is 88.3 cm³/mol. The third-order valence-electron chi connectivity index (χ3n) is 3.81. The molecule has 1 unspecified atom stereocenters. The first-order valence-corrected chi connectivity index (χ1v) is 7.58. The van der Waals surface area contributed by atoms with Gasteiger partial charge in [-0.2, -0.15) is 0 Å². The van der Waals surface area contributed by atoms with E-state index >= 15 is 0 Å². The van der Waals surface area contributed by atoms with E-state index in [1.54, 1.807) is 0 Å². The van der Waals surface area contributed by atoms with Crippen molar-refractivity contribution in [1.29, 1.82) is 0 Å². The fraction of sp³-hybridized carbons (Fsp3) is 0.389. The maximum Gasteiger partial charge on any atom is 0.0751 e. The summed E-state index contributed by atoms with van der Waals surface area (Å²) in [7, 11) is 2.16. The van der Waals surface area contributed by atoms with E-state index in [1.165, 1.54) is 5.56 Å². The third-order valence-corrected chi connectivity index (χ3v) is 3.81. The molecular weight excluding hydrogens is 258 g/mol. The van der Waals surface area contributed by atoms with Crippen molar-refractivity contribution < 1.29 is 0 Å². The summed E-state index contributed by atoms with van der Waals surface area (Å²) in [5.74, 6) is 0. The van der Waals surface area contributed by atoms with Gasteiger partial charge in [-0.05, 0) is 38.6 Å². The molecule has 1 aromatic heterocycles. The Morgan fingerprint density at radius 3 is 2.38 bits per heavy atom. The van der Waals surface area contributed by atoms with E-state index < -0.39 is 0 Å². The van der Waals surface area contributed by atoms with E-state index in [0.29, 0.717) is 6.04 Å². The number of hydrogen-bond acceptors (Lipinski definition) is 3. The number of rotatable bonds is 7. The lowest BCUT2D eigenvalue weighted by molar-refractivity contribution is 0.271. The van der Waals surface area contributed by atoms with Crippen LogP contribution in [0.25, 0.3) is 0 Å². The van der Waals surface area contributed by atoms with Crippen molar-refractivity contribution in [3.8, 4) is 0 Å². The minimum absolute atomic E-state index is 0.146. The van der Waals surface area contributed by atoms with Crippen molar-refractivity contribution in [1.82, 2.24) is 15.2 Å². The van der Waals surface area contributed by atoms with Gasteiger partial charge in [-0.15, -0.1) is 0 Å². The van der Waals surface area contributed by atoms with Crippen LogP contribution in [-0.4, -0.2) is 36.1 Å². The molecule has 0 aliphatic heterocycles. The Morgan fingerprint density at radius 1 is 1.05 bits per heavy atom. The molecule has 112 valence electrons. The zero-order valence-corrected chi connectivity index (χ0v) is 13.2. The SMILES string of the molecule is CC(C)N(C)CCNC(c1ccccc1)c1ccccn1. The number of hydrogen-bond donors (Lipinski definition) is 1. The fourth-order valence-electron chi connectivity index (χ4n) is 2.23. The van der Waals surface area contributed by atoms with Gasteiger partial charge in [0, 0.05) is 25.3 Å². The van der Waals surface area contributed by atoms with E-state index in [9.17, 15) is 0 Å². The Hall–Kier alpha value is -1.71. The van der Waals surface area contributed by atoms with Gasteiger partial charge < -0.3 is 10.2 Å². The Labute approximate surface area is 128 Å². The summed E-state index contributed by atoms with van der Waals surface area (Å²) in [6.07, 6.45) is 1.85. The molecule has 1 aromatic carbocycles. The molecule has 0 spiro atoms. The molecule has 1 heterocycles. The molecule has 0 fully saturated rings. The lowest BCUT2D eigenvalue weighted by Crippen LogP contribution is -2.35. The van der Waals surface area contributed by atoms with Crippen LogP contribution in [-0.2, 0) is 0 Å². The van der Waals surface area contributed by atoms with Gasteiger partial charge in [0.25, 0.3) is 0 Å². The van der Waals surface area contributed by atoms with Gasteiger partial charge in [-0.25, -0.2) is 0 Å². The molecule has 2 rings (SSSR count). The van der Waals surface area contributed by atoms with Crippen LogP contribution in [0.2, 0.25) is 0 Å². The van der Waals surface area contributed by atoms with Crippen molar-refractivity contribution in [2.24, 2.45) is 0 Å². The fourth-order valence-corrected chi connectivity index (χ4v) is 2.23. The second kappa shape index (κ2) is 7.91. The first-order valence-electron chi connectivity index (χ1n) is 7.58. The smallest absolute Gasteiger partial charge is 0.0751 e. The van der Waals surface area contributed by atoms with E-state index in [1.807, 2.05) is 24.4 Å². The van der Waals surface area contributed by atoms with Gasteiger partial charge in [0.1, 0.15) is 0 Å². The molecule has 0 aliphatic rings. The second-order valence-corrected chi connectivity index (χ2v) is 5.63. The van der Waals surface area contributed by atoms with Crippen LogP contribution in [0.1, 0.15) is 31.1 Å². The van der Waals surface area contributed by atoms with Crippen LogP contribution in [0.3, 0.4) is 0 Å². The molecule has 1 N–H and O–H groups in total. The van der Waals surface area contributed by atoms with E-state index in [4.69, 9.17) is 0 Å². The molecule has 0 radical (unpaired) electrons. The molecule has 0 saturated heterocycles. The number of nitrogens with one attached hydrogen (secondary N) is 1. The minimum atomic E-state index is 0.146. The molecule has 2 aromatic rings. The van der Waals surface area contributed by atoms with Crippen molar-refractivity contribution in [2.45, 2.75) is 25.9 Å². The van der Waals surface area contributed by atoms with E-state index in [0.717, 1.165) is 18.8 Å². The van der Waals surface area contributed by atoms with Crippen LogP contribution in [0.15, 0.2) is 54.7 Å². The summed E-state index contributed by atoms with van der Waals surface area (Å²) in [6, 6.07) is 17.3. The zero-order chi connectivity index (χ0) is 15.1. The highest BCUT2D eigenvalue weighted by molar-refractivity contribution is 5.27. The normalized spacial score (nSPS) is 12.8. The number of benzene rings is 1. The summed E-state index contributed by atoms with van der Waals surface area (Å²) >= 11 is 0. The Bertz CT molecular complexity index is 471. The largest absolute Gasteiger partial charge is 0.304 e. The van der Waals surface area contributed by atoms with Gasteiger partial charge in [0.15, 0.2) is 0 Å². The quantitative estimate of drug-likeness (QED) is 0.846. The standard InChI is InChI=1S/C18H25N3/c1-15(2)21(3)14-13-20-18(16-9-5-4-6-10-16)17-11-7-8-12-19-17/h4-12,15,18,20H,13-14H2,1-3H3. The highest BCUT2D eigenvalue weighted by Crippen LogP contribution is 2.19. The van der Waals surface area contributed by atoms with Crippen LogP contribution in [0, 0.1) is 0 Å². The topological polar surface area (TPSA) is 28.2 Å². The summed E-state index contributed by atoms with van der Waals surface area (Å²) in [6.45, 7) is 6.39. The van der Waals surface area contributed by atoms with Gasteiger partial charge in [0.2, 0.25) is 0 Å². The molecule has 0 amide bonds.